The molecular formula is C15H17N3O. The number of hydrogen-bond acceptors (Lipinski definition) is 2. The SMILES string of the molecule is CN(C)Cc1ccc2c(c1)CNC(=O)c1cccn1-2. The maximum absolute atomic E-state index is 12.0. The first-order valence-corrected chi connectivity index (χ1v) is 6.37. The van der Waals surface area contributed by atoms with Crippen molar-refractivity contribution < 1.29 is 4.79 Å². The van der Waals surface area contributed by atoms with Crippen LogP contribution in [0.3, 0.4) is 0 Å². The van der Waals surface area contributed by atoms with Crippen LogP contribution in [0.15, 0.2) is 36.5 Å². The molecule has 1 aromatic heterocycles. The summed E-state index contributed by atoms with van der Waals surface area (Å²) in [6.07, 6.45) is 1.94. The van der Waals surface area contributed by atoms with Gasteiger partial charge in [-0.05, 0) is 43.4 Å². The molecule has 0 saturated carbocycles. The van der Waals surface area contributed by atoms with Crippen LogP contribution < -0.4 is 5.32 Å². The number of hydrogen-bond donors (Lipinski definition) is 1. The zero-order valence-corrected chi connectivity index (χ0v) is 11.2. The highest BCUT2D eigenvalue weighted by Crippen LogP contribution is 2.22. The van der Waals surface area contributed by atoms with Crippen molar-refractivity contribution >= 4 is 5.91 Å². The van der Waals surface area contributed by atoms with E-state index in [0.29, 0.717) is 12.2 Å². The van der Waals surface area contributed by atoms with E-state index in [1.54, 1.807) is 0 Å². The lowest BCUT2D eigenvalue weighted by Crippen LogP contribution is -2.21. The first-order valence-electron chi connectivity index (χ1n) is 6.37. The van der Waals surface area contributed by atoms with E-state index < -0.39 is 0 Å². The van der Waals surface area contributed by atoms with Crippen LogP contribution in [0.1, 0.15) is 21.6 Å². The molecule has 4 heteroatoms. The Bertz CT molecular complexity index is 628. The van der Waals surface area contributed by atoms with E-state index in [0.717, 1.165) is 17.8 Å². The van der Waals surface area contributed by atoms with E-state index in [4.69, 9.17) is 0 Å². The third-order valence-corrected chi connectivity index (χ3v) is 3.32. The van der Waals surface area contributed by atoms with Crippen molar-refractivity contribution in [2.75, 3.05) is 14.1 Å². The molecule has 0 atom stereocenters. The molecule has 1 aromatic carbocycles. The molecule has 0 fully saturated rings. The molecule has 0 unspecified atom stereocenters. The van der Waals surface area contributed by atoms with E-state index in [9.17, 15) is 4.79 Å². The molecular weight excluding hydrogens is 238 g/mol. The number of benzene rings is 1. The quantitative estimate of drug-likeness (QED) is 0.888. The molecule has 0 spiro atoms. The van der Waals surface area contributed by atoms with Crippen LogP contribution in [0.25, 0.3) is 5.69 Å². The van der Waals surface area contributed by atoms with E-state index in [1.165, 1.54) is 5.56 Å². The van der Waals surface area contributed by atoms with Crippen LogP contribution >= 0.6 is 0 Å². The molecule has 0 radical (unpaired) electrons. The summed E-state index contributed by atoms with van der Waals surface area (Å²) >= 11 is 0. The topological polar surface area (TPSA) is 37.3 Å². The first kappa shape index (κ1) is 12.0. The summed E-state index contributed by atoms with van der Waals surface area (Å²) in [5.41, 5.74) is 4.19. The molecule has 98 valence electrons. The highest BCUT2D eigenvalue weighted by molar-refractivity contribution is 5.94. The molecule has 3 rings (SSSR count). The van der Waals surface area contributed by atoms with E-state index in [-0.39, 0.29) is 5.91 Å². The van der Waals surface area contributed by atoms with Gasteiger partial charge in [-0.3, -0.25) is 4.79 Å². The second kappa shape index (κ2) is 4.55. The fourth-order valence-corrected chi connectivity index (χ4v) is 2.52. The Morgan fingerprint density at radius 1 is 1.32 bits per heavy atom. The van der Waals surface area contributed by atoms with Gasteiger partial charge in [0.1, 0.15) is 5.69 Å². The monoisotopic (exact) mass is 255 g/mol. The third kappa shape index (κ3) is 2.15. The zero-order valence-electron chi connectivity index (χ0n) is 11.2. The molecule has 1 amide bonds. The fraction of sp³-hybridized carbons (Fsp3) is 0.267. The second-order valence-corrected chi connectivity index (χ2v) is 5.15. The molecule has 0 bridgehead atoms. The average molecular weight is 255 g/mol. The zero-order chi connectivity index (χ0) is 13.4. The Balaban J connectivity index is 2.07. The summed E-state index contributed by atoms with van der Waals surface area (Å²) in [6.45, 7) is 1.48. The number of nitrogens with one attached hydrogen (secondary N) is 1. The van der Waals surface area contributed by atoms with Gasteiger partial charge < -0.3 is 14.8 Å². The molecule has 19 heavy (non-hydrogen) atoms. The number of nitrogens with zero attached hydrogens (tertiary/aromatic N) is 2. The van der Waals surface area contributed by atoms with E-state index in [2.05, 4.69) is 42.5 Å². The van der Waals surface area contributed by atoms with Crippen LogP contribution in [0.2, 0.25) is 0 Å². The van der Waals surface area contributed by atoms with E-state index >= 15 is 0 Å². The molecule has 2 heterocycles. The van der Waals surface area contributed by atoms with Gasteiger partial charge in [-0.1, -0.05) is 12.1 Å². The Kier molecular flexibility index (Phi) is 2.87. The largest absolute Gasteiger partial charge is 0.347 e. The predicted molar refractivity (Wildman–Crippen MR) is 74.3 cm³/mol. The number of aromatic nitrogens is 1. The summed E-state index contributed by atoms with van der Waals surface area (Å²) in [5, 5.41) is 2.95. The molecule has 4 nitrogen and oxygen atoms in total. The number of carbonyl (C=O) groups is 1. The number of amides is 1. The van der Waals surface area contributed by atoms with Crippen molar-refractivity contribution in [2.24, 2.45) is 0 Å². The lowest BCUT2D eigenvalue weighted by atomic mass is 10.1. The van der Waals surface area contributed by atoms with Crippen LogP contribution in [0.4, 0.5) is 0 Å². The Hall–Kier alpha value is -2.07. The molecule has 2 aromatic rings. The smallest absolute Gasteiger partial charge is 0.268 e. The van der Waals surface area contributed by atoms with Gasteiger partial charge in [0.15, 0.2) is 0 Å². The standard InChI is InChI=1S/C15H17N3O/c1-17(2)10-11-5-6-13-12(8-11)9-16-15(19)14-4-3-7-18(13)14/h3-8H,9-10H2,1-2H3,(H,16,19). The van der Waals surface area contributed by atoms with Gasteiger partial charge in [-0.25, -0.2) is 0 Å². The minimum atomic E-state index is -0.0182. The van der Waals surface area contributed by atoms with Gasteiger partial charge in [-0.15, -0.1) is 0 Å². The maximum atomic E-state index is 12.0. The average Bonchev–Trinajstić information content (AvgIpc) is 2.80. The summed E-state index contributed by atoms with van der Waals surface area (Å²) < 4.78 is 1.96. The Morgan fingerprint density at radius 3 is 2.95 bits per heavy atom. The highest BCUT2D eigenvalue weighted by atomic mass is 16.1. The summed E-state index contributed by atoms with van der Waals surface area (Å²) in [7, 11) is 4.11. The van der Waals surface area contributed by atoms with Crippen LogP contribution in [-0.2, 0) is 13.1 Å². The molecule has 1 N–H and O–H groups in total. The van der Waals surface area contributed by atoms with Crippen LogP contribution in [0.5, 0.6) is 0 Å². The lowest BCUT2D eigenvalue weighted by molar-refractivity contribution is 0.0946. The van der Waals surface area contributed by atoms with E-state index in [1.807, 2.05) is 22.9 Å². The van der Waals surface area contributed by atoms with Gasteiger partial charge in [0.25, 0.3) is 5.91 Å². The molecule has 0 aliphatic carbocycles. The summed E-state index contributed by atoms with van der Waals surface area (Å²) in [5.74, 6) is -0.0182. The van der Waals surface area contributed by atoms with Gasteiger partial charge in [0.2, 0.25) is 0 Å². The van der Waals surface area contributed by atoms with Crippen LogP contribution in [-0.4, -0.2) is 29.5 Å². The second-order valence-electron chi connectivity index (χ2n) is 5.15. The first-order chi connectivity index (χ1) is 9.15. The third-order valence-electron chi connectivity index (χ3n) is 3.32. The van der Waals surface area contributed by atoms with Crippen molar-refractivity contribution in [3.05, 3.63) is 53.3 Å². The van der Waals surface area contributed by atoms with Crippen molar-refractivity contribution in [2.45, 2.75) is 13.1 Å². The van der Waals surface area contributed by atoms with Crippen molar-refractivity contribution in [3.8, 4) is 5.69 Å². The number of fused-ring (bicyclic) bond motifs is 3. The van der Waals surface area contributed by atoms with Crippen LogP contribution in [0, 0.1) is 0 Å². The minimum absolute atomic E-state index is 0.0182. The Labute approximate surface area is 112 Å². The van der Waals surface area contributed by atoms with Gasteiger partial charge in [-0.2, -0.15) is 0 Å². The van der Waals surface area contributed by atoms with Crippen molar-refractivity contribution in [1.29, 1.82) is 0 Å². The molecule has 1 aliphatic rings. The Morgan fingerprint density at radius 2 is 2.16 bits per heavy atom. The molecule has 0 saturated heterocycles. The fourth-order valence-electron chi connectivity index (χ4n) is 2.52. The van der Waals surface area contributed by atoms with Gasteiger partial charge in [0, 0.05) is 19.3 Å². The number of rotatable bonds is 2. The van der Waals surface area contributed by atoms with Gasteiger partial charge in [0.05, 0.1) is 5.69 Å². The molecule has 1 aliphatic heterocycles. The predicted octanol–water partition coefficient (Wildman–Crippen LogP) is 1.78. The number of carbonyl (C=O) groups excluding carboxylic acids is 1. The lowest BCUT2D eigenvalue weighted by Gasteiger charge is -2.13. The summed E-state index contributed by atoms with van der Waals surface area (Å²) in [6, 6.07) is 10.1. The maximum Gasteiger partial charge on any atom is 0.268 e. The highest BCUT2D eigenvalue weighted by Gasteiger charge is 2.18. The van der Waals surface area contributed by atoms with Gasteiger partial charge >= 0.3 is 0 Å². The van der Waals surface area contributed by atoms with Crippen molar-refractivity contribution in [3.63, 3.8) is 0 Å². The normalized spacial score (nSPS) is 13.7. The summed E-state index contributed by atoms with van der Waals surface area (Å²) in [4.78, 5) is 14.1. The minimum Gasteiger partial charge on any atom is -0.347 e. The van der Waals surface area contributed by atoms with Crippen molar-refractivity contribution in [1.82, 2.24) is 14.8 Å².